The summed E-state index contributed by atoms with van der Waals surface area (Å²) in [4.78, 5) is 11.3. The standard InChI is InChI=1S/C12H15NO4.ClH/c1-2-15-12(14)6-9(13)8-3-4-10-11(5-8)17-7-16-10;/h3-5,9H,2,6-7,13H2,1H3;1H/t9-;/m0./s1. The molecule has 6 heteroatoms. The SMILES string of the molecule is CCOC(=O)C[C@H](N)c1ccc2c(c1)OCO2.Cl. The second-order valence-electron chi connectivity index (χ2n) is 3.73. The van der Waals surface area contributed by atoms with Crippen molar-refractivity contribution in [2.75, 3.05) is 13.4 Å². The molecule has 0 aromatic heterocycles. The van der Waals surface area contributed by atoms with E-state index < -0.39 is 0 Å². The van der Waals surface area contributed by atoms with Crippen molar-refractivity contribution in [1.82, 2.24) is 0 Å². The number of halogens is 1. The lowest BCUT2D eigenvalue weighted by Crippen LogP contribution is -2.17. The van der Waals surface area contributed by atoms with Crippen LogP contribution in [0.1, 0.15) is 24.9 Å². The Morgan fingerprint density at radius 2 is 2.17 bits per heavy atom. The highest BCUT2D eigenvalue weighted by atomic mass is 35.5. The van der Waals surface area contributed by atoms with Crippen LogP contribution in [0, 0.1) is 0 Å². The Kier molecular flexibility index (Phi) is 5.25. The lowest BCUT2D eigenvalue weighted by Gasteiger charge is -2.11. The van der Waals surface area contributed by atoms with Crippen molar-refractivity contribution < 1.29 is 19.0 Å². The van der Waals surface area contributed by atoms with Gasteiger partial charge in [0.2, 0.25) is 6.79 Å². The summed E-state index contributed by atoms with van der Waals surface area (Å²) in [5, 5.41) is 0. The van der Waals surface area contributed by atoms with Crippen molar-refractivity contribution in [2.24, 2.45) is 5.73 Å². The van der Waals surface area contributed by atoms with Gasteiger partial charge < -0.3 is 19.9 Å². The van der Waals surface area contributed by atoms with E-state index in [1.54, 1.807) is 19.1 Å². The Morgan fingerprint density at radius 3 is 2.89 bits per heavy atom. The van der Waals surface area contributed by atoms with Gasteiger partial charge in [0.1, 0.15) is 0 Å². The first kappa shape index (κ1) is 14.6. The fourth-order valence-electron chi connectivity index (χ4n) is 1.66. The maximum absolute atomic E-state index is 11.3. The van der Waals surface area contributed by atoms with E-state index in [0.717, 1.165) is 5.56 Å². The Balaban J connectivity index is 0.00000162. The van der Waals surface area contributed by atoms with Crippen molar-refractivity contribution in [3.8, 4) is 11.5 Å². The zero-order valence-corrected chi connectivity index (χ0v) is 10.9. The number of esters is 1. The highest BCUT2D eigenvalue weighted by molar-refractivity contribution is 5.85. The van der Waals surface area contributed by atoms with Gasteiger partial charge in [-0.15, -0.1) is 12.4 Å². The maximum atomic E-state index is 11.3. The third-order valence-electron chi connectivity index (χ3n) is 2.52. The molecule has 0 spiro atoms. The summed E-state index contributed by atoms with van der Waals surface area (Å²) in [6.07, 6.45) is 0.160. The summed E-state index contributed by atoms with van der Waals surface area (Å²) in [5.41, 5.74) is 6.76. The molecular weight excluding hydrogens is 258 g/mol. The van der Waals surface area contributed by atoms with E-state index in [1.807, 2.05) is 6.07 Å². The number of rotatable bonds is 4. The number of fused-ring (bicyclic) bond motifs is 1. The molecule has 0 fully saturated rings. The van der Waals surface area contributed by atoms with Crippen LogP contribution in [0.5, 0.6) is 11.5 Å². The van der Waals surface area contributed by atoms with E-state index in [1.165, 1.54) is 0 Å². The third-order valence-corrected chi connectivity index (χ3v) is 2.52. The van der Waals surface area contributed by atoms with Crippen molar-refractivity contribution in [2.45, 2.75) is 19.4 Å². The summed E-state index contributed by atoms with van der Waals surface area (Å²) in [6, 6.07) is 5.04. The quantitative estimate of drug-likeness (QED) is 0.847. The van der Waals surface area contributed by atoms with Crippen LogP contribution in [0.3, 0.4) is 0 Å². The number of carbonyl (C=O) groups excluding carboxylic acids is 1. The Morgan fingerprint density at radius 1 is 1.44 bits per heavy atom. The highest BCUT2D eigenvalue weighted by Gasteiger charge is 2.18. The number of ether oxygens (including phenoxy) is 3. The summed E-state index contributed by atoms with van der Waals surface area (Å²) in [7, 11) is 0. The fraction of sp³-hybridized carbons (Fsp3) is 0.417. The topological polar surface area (TPSA) is 70.8 Å². The second-order valence-corrected chi connectivity index (χ2v) is 3.73. The number of nitrogens with two attached hydrogens (primary N) is 1. The smallest absolute Gasteiger partial charge is 0.307 e. The number of carbonyl (C=O) groups is 1. The summed E-state index contributed by atoms with van der Waals surface area (Å²) >= 11 is 0. The minimum Gasteiger partial charge on any atom is -0.466 e. The molecule has 1 aliphatic heterocycles. The predicted octanol–water partition coefficient (Wildman–Crippen LogP) is 1.79. The van der Waals surface area contributed by atoms with Crippen LogP contribution >= 0.6 is 12.4 Å². The molecule has 0 amide bonds. The van der Waals surface area contributed by atoms with Crippen LogP contribution < -0.4 is 15.2 Å². The molecule has 100 valence electrons. The molecule has 0 bridgehead atoms. The fourth-order valence-corrected chi connectivity index (χ4v) is 1.66. The average Bonchev–Trinajstić information content (AvgIpc) is 2.75. The minimum atomic E-state index is -0.386. The molecule has 0 saturated heterocycles. The van der Waals surface area contributed by atoms with E-state index in [0.29, 0.717) is 18.1 Å². The van der Waals surface area contributed by atoms with E-state index in [9.17, 15) is 4.79 Å². The lowest BCUT2D eigenvalue weighted by molar-refractivity contribution is -0.143. The first-order valence-corrected chi connectivity index (χ1v) is 5.51. The third kappa shape index (κ3) is 3.27. The van der Waals surface area contributed by atoms with E-state index in [2.05, 4.69) is 0 Å². The Hall–Kier alpha value is -1.46. The molecule has 0 saturated carbocycles. The van der Waals surface area contributed by atoms with Crippen molar-refractivity contribution in [3.63, 3.8) is 0 Å². The second kappa shape index (κ2) is 6.47. The normalized spacial score (nSPS) is 13.7. The summed E-state index contributed by atoms with van der Waals surface area (Å²) < 4.78 is 15.3. The minimum absolute atomic E-state index is 0. The van der Waals surface area contributed by atoms with Crippen LogP contribution in [0.25, 0.3) is 0 Å². The van der Waals surface area contributed by atoms with Crippen molar-refractivity contribution in [1.29, 1.82) is 0 Å². The van der Waals surface area contributed by atoms with Crippen LogP contribution in [0.15, 0.2) is 18.2 Å². The Bertz CT molecular complexity index is 425. The van der Waals surface area contributed by atoms with Gasteiger partial charge in [0.15, 0.2) is 11.5 Å². The van der Waals surface area contributed by atoms with Gasteiger partial charge in [-0.25, -0.2) is 0 Å². The molecule has 2 N–H and O–H groups in total. The average molecular weight is 274 g/mol. The molecule has 1 aliphatic rings. The van der Waals surface area contributed by atoms with Crippen LogP contribution in [-0.4, -0.2) is 19.4 Å². The molecule has 2 rings (SSSR count). The molecule has 0 unspecified atom stereocenters. The largest absolute Gasteiger partial charge is 0.466 e. The summed E-state index contributed by atoms with van der Waals surface area (Å²) in [5.74, 6) is 1.08. The molecule has 1 atom stereocenters. The van der Waals surface area contributed by atoms with Gasteiger partial charge in [0, 0.05) is 6.04 Å². The van der Waals surface area contributed by atoms with Crippen LogP contribution in [-0.2, 0) is 9.53 Å². The monoisotopic (exact) mass is 273 g/mol. The molecule has 1 aromatic carbocycles. The Labute approximate surface area is 112 Å². The predicted molar refractivity (Wildman–Crippen MR) is 68.0 cm³/mol. The van der Waals surface area contributed by atoms with Crippen LogP contribution in [0.4, 0.5) is 0 Å². The van der Waals surface area contributed by atoms with E-state index >= 15 is 0 Å². The van der Waals surface area contributed by atoms with Gasteiger partial charge in [0.25, 0.3) is 0 Å². The number of hydrogen-bond acceptors (Lipinski definition) is 5. The molecular formula is C12H16ClNO4. The van der Waals surface area contributed by atoms with Gasteiger partial charge in [0.05, 0.1) is 13.0 Å². The first-order chi connectivity index (χ1) is 8.20. The van der Waals surface area contributed by atoms with Gasteiger partial charge >= 0.3 is 5.97 Å². The van der Waals surface area contributed by atoms with E-state index in [4.69, 9.17) is 19.9 Å². The zero-order chi connectivity index (χ0) is 12.3. The molecule has 1 aromatic rings. The van der Waals surface area contributed by atoms with Crippen molar-refractivity contribution >= 4 is 18.4 Å². The molecule has 1 heterocycles. The number of hydrogen-bond donors (Lipinski definition) is 1. The number of benzene rings is 1. The van der Waals surface area contributed by atoms with Gasteiger partial charge in [-0.1, -0.05) is 6.07 Å². The van der Waals surface area contributed by atoms with Gasteiger partial charge in [-0.05, 0) is 24.6 Å². The lowest BCUT2D eigenvalue weighted by atomic mass is 10.0. The molecule has 5 nitrogen and oxygen atoms in total. The van der Waals surface area contributed by atoms with Gasteiger partial charge in [-0.3, -0.25) is 4.79 Å². The van der Waals surface area contributed by atoms with E-state index in [-0.39, 0.29) is 37.6 Å². The summed E-state index contributed by atoms with van der Waals surface area (Å²) in [6.45, 7) is 2.36. The van der Waals surface area contributed by atoms with Gasteiger partial charge in [-0.2, -0.15) is 0 Å². The highest BCUT2D eigenvalue weighted by Crippen LogP contribution is 2.34. The molecule has 0 aliphatic carbocycles. The van der Waals surface area contributed by atoms with Crippen molar-refractivity contribution in [3.05, 3.63) is 23.8 Å². The zero-order valence-electron chi connectivity index (χ0n) is 10.0. The molecule has 0 radical (unpaired) electrons. The molecule has 18 heavy (non-hydrogen) atoms. The maximum Gasteiger partial charge on any atom is 0.307 e. The first-order valence-electron chi connectivity index (χ1n) is 5.51. The van der Waals surface area contributed by atoms with Crippen LogP contribution in [0.2, 0.25) is 0 Å².